The molecule has 0 spiro atoms. The van der Waals surface area contributed by atoms with E-state index in [2.05, 4.69) is 20.3 Å². The van der Waals surface area contributed by atoms with E-state index in [0.717, 1.165) is 11.3 Å². The number of nitrogens with one attached hydrogen (secondary N) is 1. The first-order valence-corrected chi connectivity index (χ1v) is 5.54. The van der Waals surface area contributed by atoms with Crippen LogP contribution in [0.15, 0.2) is 30.3 Å². The summed E-state index contributed by atoms with van der Waals surface area (Å²) >= 11 is 5.12. The minimum absolute atomic E-state index is 0.445. The number of H-pyrrole nitrogens is 1. The summed E-state index contributed by atoms with van der Waals surface area (Å²) in [7, 11) is 0. The van der Waals surface area contributed by atoms with Crippen LogP contribution in [-0.4, -0.2) is 24.8 Å². The van der Waals surface area contributed by atoms with Crippen LogP contribution in [0.25, 0.3) is 17.0 Å². The van der Waals surface area contributed by atoms with Gasteiger partial charge in [-0.3, -0.25) is 5.10 Å². The van der Waals surface area contributed by atoms with E-state index in [9.17, 15) is 0 Å². The van der Waals surface area contributed by atoms with Crippen LogP contribution >= 0.6 is 12.2 Å². The van der Waals surface area contributed by atoms with Gasteiger partial charge in [0.05, 0.1) is 0 Å². The van der Waals surface area contributed by atoms with Crippen LogP contribution in [0.1, 0.15) is 5.69 Å². The quantitative estimate of drug-likeness (QED) is 0.665. The van der Waals surface area contributed by atoms with E-state index < -0.39 is 0 Å². The van der Waals surface area contributed by atoms with Gasteiger partial charge in [0.25, 0.3) is 0 Å². The van der Waals surface area contributed by atoms with E-state index in [1.54, 1.807) is 4.52 Å². The maximum absolute atomic E-state index is 5.12. The number of fused-ring (bicyclic) bond motifs is 1. The van der Waals surface area contributed by atoms with Crippen LogP contribution < -0.4 is 0 Å². The molecule has 6 heteroatoms. The molecule has 0 amide bonds. The molecule has 0 aliphatic heterocycles. The van der Waals surface area contributed by atoms with Gasteiger partial charge in [-0.25, -0.2) is 4.98 Å². The van der Waals surface area contributed by atoms with Gasteiger partial charge in [-0.2, -0.15) is 9.61 Å². The Labute approximate surface area is 102 Å². The molecule has 0 aliphatic rings. The van der Waals surface area contributed by atoms with Crippen molar-refractivity contribution >= 4 is 17.9 Å². The molecular formula is C11H9N5S. The van der Waals surface area contributed by atoms with Crippen molar-refractivity contribution in [2.24, 2.45) is 0 Å². The highest BCUT2D eigenvalue weighted by Crippen LogP contribution is 2.16. The molecule has 84 valence electrons. The summed E-state index contributed by atoms with van der Waals surface area (Å²) in [4.78, 5) is 4.45. The Hall–Kier alpha value is -2.08. The summed E-state index contributed by atoms with van der Waals surface area (Å²) in [5.74, 6) is 0.654. The number of nitrogens with zero attached hydrogens (tertiary/aromatic N) is 4. The standard InChI is InChI=1S/C11H9N5S/c1-7-10-12-9(8-5-3-2-4-6-8)15-16(10)11(17)14-13-7/h2-6H,1H3,(H,14,17). The Morgan fingerprint density at radius 1 is 1.24 bits per heavy atom. The van der Waals surface area contributed by atoms with Crippen LogP contribution in [0.3, 0.4) is 0 Å². The second-order valence-electron chi connectivity index (χ2n) is 3.65. The summed E-state index contributed by atoms with van der Waals surface area (Å²) in [6.45, 7) is 1.87. The maximum atomic E-state index is 5.12. The van der Waals surface area contributed by atoms with Gasteiger partial charge in [-0.1, -0.05) is 30.3 Å². The van der Waals surface area contributed by atoms with Gasteiger partial charge < -0.3 is 0 Å². The van der Waals surface area contributed by atoms with E-state index in [1.165, 1.54) is 0 Å². The molecule has 2 aromatic heterocycles. The summed E-state index contributed by atoms with van der Waals surface area (Å²) in [6, 6.07) is 9.78. The average molecular weight is 243 g/mol. The number of aromatic nitrogens is 5. The number of benzene rings is 1. The van der Waals surface area contributed by atoms with Crippen molar-refractivity contribution in [3.05, 3.63) is 40.8 Å². The predicted molar refractivity (Wildman–Crippen MR) is 66.1 cm³/mol. The molecule has 0 bridgehead atoms. The van der Waals surface area contributed by atoms with Crippen molar-refractivity contribution in [3.8, 4) is 11.4 Å². The van der Waals surface area contributed by atoms with Crippen LogP contribution in [-0.2, 0) is 0 Å². The van der Waals surface area contributed by atoms with Crippen LogP contribution in [0.2, 0.25) is 0 Å². The lowest BCUT2D eigenvalue weighted by Crippen LogP contribution is -1.98. The summed E-state index contributed by atoms with van der Waals surface area (Å²) in [5.41, 5.74) is 2.42. The third kappa shape index (κ3) is 1.62. The highest BCUT2D eigenvalue weighted by Gasteiger charge is 2.09. The Morgan fingerprint density at radius 3 is 2.71 bits per heavy atom. The Bertz CT molecular complexity index is 728. The molecule has 1 aromatic carbocycles. The Morgan fingerprint density at radius 2 is 2.00 bits per heavy atom. The van der Waals surface area contributed by atoms with Crippen LogP contribution in [0, 0.1) is 11.7 Å². The summed E-state index contributed by atoms with van der Waals surface area (Å²) in [5, 5.41) is 11.2. The minimum atomic E-state index is 0.445. The fourth-order valence-electron chi connectivity index (χ4n) is 1.63. The topological polar surface area (TPSA) is 58.9 Å². The fraction of sp³-hybridized carbons (Fsp3) is 0.0909. The molecule has 0 saturated carbocycles. The number of aromatic amines is 1. The normalized spacial score (nSPS) is 10.9. The lowest BCUT2D eigenvalue weighted by Gasteiger charge is -1.92. The first-order chi connectivity index (χ1) is 8.25. The summed E-state index contributed by atoms with van der Waals surface area (Å²) < 4.78 is 2.04. The number of aryl methyl sites for hydroxylation is 1. The fourth-order valence-corrected chi connectivity index (χ4v) is 1.80. The van der Waals surface area contributed by atoms with Gasteiger partial charge in [0.1, 0.15) is 5.69 Å². The number of hydrogen-bond acceptors (Lipinski definition) is 4. The zero-order valence-electron chi connectivity index (χ0n) is 9.08. The van der Waals surface area contributed by atoms with Gasteiger partial charge in [-0.15, -0.1) is 5.10 Å². The van der Waals surface area contributed by atoms with Crippen molar-refractivity contribution in [2.75, 3.05) is 0 Å². The highest BCUT2D eigenvalue weighted by molar-refractivity contribution is 7.71. The van der Waals surface area contributed by atoms with Crippen molar-refractivity contribution in [1.82, 2.24) is 24.8 Å². The number of rotatable bonds is 1. The van der Waals surface area contributed by atoms with Crippen molar-refractivity contribution in [3.63, 3.8) is 0 Å². The molecule has 0 aliphatic carbocycles. The molecule has 3 rings (SSSR count). The average Bonchev–Trinajstić information content (AvgIpc) is 2.81. The van der Waals surface area contributed by atoms with Gasteiger partial charge >= 0.3 is 0 Å². The Kier molecular flexibility index (Phi) is 2.22. The lowest BCUT2D eigenvalue weighted by molar-refractivity contribution is 0.826. The zero-order valence-corrected chi connectivity index (χ0v) is 9.90. The predicted octanol–water partition coefficient (Wildman–Crippen LogP) is 2.16. The zero-order chi connectivity index (χ0) is 11.8. The molecule has 5 nitrogen and oxygen atoms in total. The SMILES string of the molecule is Cc1n[nH]c(=S)n2nc(-c3ccccc3)nc12. The van der Waals surface area contributed by atoms with E-state index in [4.69, 9.17) is 12.2 Å². The molecular weight excluding hydrogens is 234 g/mol. The molecule has 17 heavy (non-hydrogen) atoms. The summed E-state index contributed by atoms with van der Waals surface area (Å²) in [6.07, 6.45) is 0. The highest BCUT2D eigenvalue weighted by atomic mass is 32.1. The van der Waals surface area contributed by atoms with E-state index in [0.29, 0.717) is 16.2 Å². The van der Waals surface area contributed by atoms with Crippen LogP contribution in [0.4, 0.5) is 0 Å². The van der Waals surface area contributed by atoms with Crippen LogP contribution in [0.5, 0.6) is 0 Å². The smallest absolute Gasteiger partial charge is 0.216 e. The molecule has 0 saturated heterocycles. The van der Waals surface area contributed by atoms with Gasteiger partial charge in [0, 0.05) is 5.56 Å². The first kappa shape index (κ1) is 10.1. The van der Waals surface area contributed by atoms with E-state index in [-0.39, 0.29) is 0 Å². The third-order valence-electron chi connectivity index (χ3n) is 2.47. The van der Waals surface area contributed by atoms with Gasteiger partial charge in [0.15, 0.2) is 11.5 Å². The third-order valence-corrected chi connectivity index (χ3v) is 2.74. The maximum Gasteiger partial charge on any atom is 0.216 e. The van der Waals surface area contributed by atoms with Crippen molar-refractivity contribution < 1.29 is 0 Å². The lowest BCUT2D eigenvalue weighted by atomic mass is 10.2. The van der Waals surface area contributed by atoms with E-state index >= 15 is 0 Å². The molecule has 0 atom stereocenters. The molecule has 3 aromatic rings. The first-order valence-electron chi connectivity index (χ1n) is 5.13. The van der Waals surface area contributed by atoms with Crippen molar-refractivity contribution in [2.45, 2.75) is 6.92 Å². The Balaban J connectivity index is 2.31. The van der Waals surface area contributed by atoms with Gasteiger partial charge in [-0.05, 0) is 19.1 Å². The van der Waals surface area contributed by atoms with E-state index in [1.807, 2.05) is 37.3 Å². The van der Waals surface area contributed by atoms with Gasteiger partial charge in [0.2, 0.25) is 4.77 Å². The molecule has 2 heterocycles. The largest absolute Gasteiger partial charge is 0.252 e. The molecule has 0 radical (unpaired) electrons. The second-order valence-corrected chi connectivity index (χ2v) is 4.04. The van der Waals surface area contributed by atoms with Crippen molar-refractivity contribution in [1.29, 1.82) is 0 Å². The molecule has 1 N–H and O–H groups in total. The number of hydrogen-bond donors (Lipinski definition) is 1. The molecule has 0 unspecified atom stereocenters. The molecule has 0 fully saturated rings. The monoisotopic (exact) mass is 243 g/mol. The minimum Gasteiger partial charge on any atom is -0.252 e. The second kappa shape index (κ2) is 3.74.